The van der Waals surface area contributed by atoms with Crippen LogP contribution in [-0.4, -0.2) is 42.2 Å². The average Bonchev–Trinajstić information content (AvgIpc) is 2.73. The number of hydrogen-bond acceptors (Lipinski definition) is 6. The zero-order valence-corrected chi connectivity index (χ0v) is 11.6. The minimum absolute atomic E-state index is 0.0587. The summed E-state index contributed by atoms with van der Waals surface area (Å²) in [4.78, 5) is 18.5. The van der Waals surface area contributed by atoms with Gasteiger partial charge in [-0.3, -0.25) is 4.79 Å². The van der Waals surface area contributed by atoms with Crippen LogP contribution in [0.3, 0.4) is 0 Å². The maximum atomic E-state index is 11.8. The fraction of sp³-hybridized carbons (Fsp3) is 0.636. The number of aliphatic hydroxyl groups excluding tert-OH is 1. The van der Waals surface area contributed by atoms with Crippen molar-refractivity contribution < 1.29 is 9.90 Å². The highest BCUT2D eigenvalue weighted by Crippen LogP contribution is 2.27. The maximum absolute atomic E-state index is 11.8. The first kappa shape index (κ1) is 14.7. The highest BCUT2D eigenvalue weighted by Gasteiger charge is 2.17. The number of aromatic nitrogens is 1. The van der Waals surface area contributed by atoms with E-state index < -0.39 is 0 Å². The molecule has 0 aliphatic heterocycles. The molecule has 0 saturated carbocycles. The second-order valence-electron chi connectivity index (χ2n) is 3.72. The first-order chi connectivity index (χ1) is 8.63. The molecule has 1 heterocycles. The second-order valence-corrected chi connectivity index (χ2v) is 4.69. The largest absolute Gasteiger partial charge is 0.396 e. The van der Waals surface area contributed by atoms with Crippen LogP contribution in [0.15, 0.2) is 0 Å². The van der Waals surface area contributed by atoms with Crippen molar-refractivity contribution in [2.45, 2.75) is 20.3 Å². The number of nitrogens with zero attached hydrogens (tertiary/aromatic N) is 2. The van der Waals surface area contributed by atoms with E-state index in [9.17, 15) is 4.79 Å². The molecule has 0 radical (unpaired) electrons. The van der Waals surface area contributed by atoms with Gasteiger partial charge in [0.15, 0.2) is 5.13 Å². The Morgan fingerprint density at radius 3 is 2.72 bits per heavy atom. The van der Waals surface area contributed by atoms with Crippen molar-refractivity contribution in [1.29, 1.82) is 0 Å². The number of thiazole rings is 1. The summed E-state index contributed by atoms with van der Waals surface area (Å²) >= 11 is 1.30. The normalized spacial score (nSPS) is 10.4. The van der Waals surface area contributed by atoms with Crippen molar-refractivity contribution in [3.05, 3.63) is 4.88 Å². The van der Waals surface area contributed by atoms with E-state index in [4.69, 9.17) is 10.8 Å². The van der Waals surface area contributed by atoms with E-state index in [0.717, 1.165) is 18.2 Å². The smallest absolute Gasteiger partial charge is 0.265 e. The Labute approximate surface area is 111 Å². The summed E-state index contributed by atoms with van der Waals surface area (Å²) in [5.74, 6) is 0.0419. The summed E-state index contributed by atoms with van der Waals surface area (Å²) in [7, 11) is 0. The third kappa shape index (κ3) is 3.58. The molecule has 1 amide bonds. The summed E-state index contributed by atoms with van der Waals surface area (Å²) in [6.07, 6.45) is 0.535. The van der Waals surface area contributed by atoms with Gasteiger partial charge in [-0.05, 0) is 20.3 Å². The molecule has 1 aromatic rings. The fourth-order valence-corrected chi connectivity index (χ4v) is 2.50. The lowest BCUT2D eigenvalue weighted by molar-refractivity contribution is 0.0956. The van der Waals surface area contributed by atoms with Crippen LogP contribution in [0, 0.1) is 0 Å². The van der Waals surface area contributed by atoms with Crippen molar-refractivity contribution >= 4 is 28.2 Å². The summed E-state index contributed by atoms with van der Waals surface area (Å²) in [5.41, 5.74) is 5.76. The molecular weight excluding hydrogens is 252 g/mol. The SMILES string of the molecule is CCN(CC)c1nc(N)c(C(=O)NCCCO)s1. The lowest BCUT2D eigenvalue weighted by atomic mass is 10.4. The number of aliphatic hydroxyl groups is 1. The molecule has 4 N–H and O–H groups in total. The van der Waals surface area contributed by atoms with Gasteiger partial charge >= 0.3 is 0 Å². The average molecular weight is 272 g/mol. The third-order valence-corrected chi connectivity index (χ3v) is 3.63. The van der Waals surface area contributed by atoms with Crippen LogP contribution < -0.4 is 16.0 Å². The van der Waals surface area contributed by atoms with E-state index in [0.29, 0.717) is 17.8 Å². The summed E-state index contributed by atoms with van der Waals surface area (Å²) in [6, 6.07) is 0. The molecular formula is C11H20N4O2S. The molecule has 0 aliphatic rings. The fourth-order valence-electron chi connectivity index (χ4n) is 1.47. The van der Waals surface area contributed by atoms with Crippen molar-refractivity contribution in [2.24, 2.45) is 0 Å². The minimum Gasteiger partial charge on any atom is -0.396 e. The molecule has 0 saturated heterocycles. The zero-order chi connectivity index (χ0) is 13.5. The Hall–Kier alpha value is -1.34. The Balaban J connectivity index is 2.74. The van der Waals surface area contributed by atoms with Crippen molar-refractivity contribution in [3.8, 4) is 0 Å². The Morgan fingerprint density at radius 2 is 2.17 bits per heavy atom. The van der Waals surface area contributed by atoms with Crippen LogP contribution in [0.5, 0.6) is 0 Å². The van der Waals surface area contributed by atoms with Gasteiger partial charge in [-0.2, -0.15) is 0 Å². The van der Waals surface area contributed by atoms with Crippen molar-refractivity contribution in [3.63, 3.8) is 0 Å². The van der Waals surface area contributed by atoms with Gasteiger partial charge in [-0.1, -0.05) is 11.3 Å². The number of amides is 1. The number of nitrogens with one attached hydrogen (secondary N) is 1. The topological polar surface area (TPSA) is 91.5 Å². The maximum Gasteiger partial charge on any atom is 0.265 e. The summed E-state index contributed by atoms with van der Waals surface area (Å²) in [5, 5.41) is 12.1. The Bertz CT molecular complexity index is 390. The van der Waals surface area contributed by atoms with Gasteiger partial charge < -0.3 is 21.1 Å². The lowest BCUT2D eigenvalue weighted by Gasteiger charge is -2.16. The summed E-state index contributed by atoms with van der Waals surface area (Å²) < 4.78 is 0. The predicted molar refractivity (Wildman–Crippen MR) is 74.1 cm³/mol. The molecule has 102 valence electrons. The van der Waals surface area contributed by atoms with Crippen LogP contribution in [-0.2, 0) is 0 Å². The molecule has 7 heteroatoms. The lowest BCUT2D eigenvalue weighted by Crippen LogP contribution is -2.24. The molecule has 1 aromatic heterocycles. The van der Waals surface area contributed by atoms with E-state index in [2.05, 4.69) is 10.3 Å². The monoisotopic (exact) mass is 272 g/mol. The summed E-state index contributed by atoms with van der Waals surface area (Å²) in [6.45, 7) is 6.21. The first-order valence-electron chi connectivity index (χ1n) is 6.04. The van der Waals surface area contributed by atoms with Gasteiger partial charge in [0.2, 0.25) is 0 Å². The van der Waals surface area contributed by atoms with Crippen molar-refractivity contribution in [2.75, 3.05) is 36.9 Å². The van der Waals surface area contributed by atoms with E-state index in [1.807, 2.05) is 18.7 Å². The van der Waals surface area contributed by atoms with Gasteiger partial charge in [0.05, 0.1) is 0 Å². The van der Waals surface area contributed by atoms with Gasteiger partial charge in [0.1, 0.15) is 10.7 Å². The van der Waals surface area contributed by atoms with E-state index in [1.54, 1.807) is 0 Å². The molecule has 0 aliphatic carbocycles. The van der Waals surface area contributed by atoms with E-state index >= 15 is 0 Å². The molecule has 1 rings (SSSR count). The van der Waals surface area contributed by atoms with Crippen LogP contribution in [0.25, 0.3) is 0 Å². The standard InChI is InChI=1S/C11H20N4O2S/c1-3-15(4-2)11-14-9(12)8(18-11)10(17)13-6-5-7-16/h16H,3-7,12H2,1-2H3,(H,13,17). The molecule has 0 spiro atoms. The third-order valence-electron chi connectivity index (χ3n) is 2.50. The number of nitrogen functional groups attached to an aromatic ring is 1. The molecule has 0 aromatic carbocycles. The number of anilines is 2. The zero-order valence-electron chi connectivity index (χ0n) is 10.8. The molecule has 0 fully saturated rings. The second kappa shape index (κ2) is 7.17. The van der Waals surface area contributed by atoms with Crippen LogP contribution in [0.4, 0.5) is 10.9 Å². The van der Waals surface area contributed by atoms with Gasteiger partial charge in [-0.15, -0.1) is 0 Å². The predicted octanol–water partition coefficient (Wildman–Crippen LogP) is 0.684. The van der Waals surface area contributed by atoms with Crippen molar-refractivity contribution in [1.82, 2.24) is 10.3 Å². The highest BCUT2D eigenvalue weighted by atomic mass is 32.1. The first-order valence-corrected chi connectivity index (χ1v) is 6.85. The number of carbonyl (C=O) groups excluding carboxylic acids is 1. The van der Waals surface area contributed by atoms with Crippen LogP contribution >= 0.6 is 11.3 Å². The van der Waals surface area contributed by atoms with Crippen LogP contribution in [0.1, 0.15) is 29.9 Å². The van der Waals surface area contributed by atoms with Gasteiger partial charge in [0.25, 0.3) is 5.91 Å². The Morgan fingerprint density at radius 1 is 1.50 bits per heavy atom. The highest BCUT2D eigenvalue weighted by molar-refractivity contribution is 7.18. The molecule has 0 unspecified atom stereocenters. The molecule has 6 nitrogen and oxygen atoms in total. The molecule has 0 atom stereocenters. The number of carbonyl (C=O) groups is 1. The van der Waals surface area contributed by atoms with Gasteiger partial charge in [-0.25, -0.2) is 4.98 Å². The minimum atomic E-state index is -0.225. The number of rotatable bonds is 7. The van der Waals surface area contributed by atoms with E-state index in [1.165, 1.54) is 11.3 Å². The molecule has 0 bridgehead atoms. The Kier molecular flexibility index (Phi) is 5.87. The quantitative estimate of drug-likeness (QED) is 0.635. The van der Waals surface area contributed by atoms with E-state index in [-0.39, 0.29) is 18.3 Å². The number of nitrogens with two attached hydrogens (primary N) is 1. The number of hydrogen-bond donors (Lipinski definition) is 3. The van der Waals surface area contributed by atoms with Crippen LogP contribution in [0.2, 0.25) is 0 Å². The van der Waals surface area contributed by atoms with Gasteiger partial charge in [0, 0.05) is 26.2 Å². The molecule has 18 heavy (non-hydrogen) atoms.